The van der Waals surface area contributed by atoms with E-state index in [2.05, 4.69) is 16.7 Å². The molecule has 0 aliphatic heterocycles. The van der Waals surface area contributed by atoms with Crippen LogP contribution in [0.25, 0.3) is 0 Å². The van der Waals surface area contributed by atoms with E-state index in [0.29, 0.717) is 17.3 Å². The minimum absolute atomic E-state index is 0.370. The van der Waals surface area contributed by atoms with Crippen molar-refractivity contribution < 1.29 is 14.3 Å². The fraction of sp³-hybridized carbons (Fsp3) is 0.333. The Morgan fingerprint density at radius 2 is 1.96 bits per heavy atom. The summed E-state index contributed by atoms with van der Waals surface area (Å²) >= 11 is 5.37. The molecule has 0 aliphatic carbocycles. The van der Waals surface area contributed by atoms with Gasteiger partial charge in [-0.1, -0.05) is 24.3 Å². The van der Waals surface area contributed by atoms with Crippen molar-refractivity contribution in [2.24, 2.45) is 0 Å². The van der Waals surface area contributed by atoms with Crippen LogP contribution in [-0.4, -0.2) is 31.3 Å². The minimum Gasteiger partial charge on any atom is -0.494 e. The van der Waals surface area contributed by atoms with E-state index in [4.69, 9.17) is 21.7 Å². The number of para-hydroxylation sites is 1. The third-order valence-electron chi connectivity index (χ3n) is 4.09. The van der Waals surface area contributed by atoms with Gasteiger partial charge in [0.1, 0.15) is 5.75 Å². The third kappa shape index (κ3) is 6.25. The zero-order valence-corrected chi connectivity index (χ0v) is 16.8. The molecule has 0 unspecified atom stereocenters. The molecule has 0 radical (unpaired) electrons. The fourth-order valence-electron chi connectivity index (χ4n) is 2.66. The first-order chi connectivity index (χ1) is 13.0. The van der Waals surface area contributed by atoms with E-state index in [1.165, 1.54) is 12.7 Å². The number of methoxy groups -OCH3 is 1. The number of benzene rings is 2. The van der Waals surface area contributed by atoms with Crippen molar-refractivity contribution in [1.29, 1.82) is 0 Å². The Bertz CT molecular complexity index is 793. The zero-order valence-electron chi connectivity index (χ0n) is 16.0. The number of carbonyl (C=O) groups excluding carboxylic acids is 1. The summed E-state index contributed by atoms with van der Waals surface area (Å²) in [6, 6.07) is 13.4. The minimum atomic E-state index is -0.370. The lowest BCUT2D eigenvalue weighted by Gasteiger charge is -2.14. The van der Waals surface area contributed by atoms with Crippen LogP contribution in [0.1, 0.15) is 34.8 Å². The molecule has 0 aliphatic rings. The lowest BCUT2D eigenvalue weighted by atomic mass is 10.1. The second kappa shape index (κ2) is 10.5. The van der Waals surface area contributed by atoms with E-state index in [1.807, 2.05) is 38.1 Å². The van der Waals surface area contributed by atoms with Crippen molar-refractivity contribution in [2.45, 2.75) is 26.7 Å². The van der Waals surface area contributed by atoms with Crippen LogP contribution in [-0.2, 0) is 11.2 Å². The highest BCUT2D eigenvalue weighted by Crippen LogP contribution is 2.19. The molecule has 27 heavy (non-hydrogen) atoms. The molecule has 0 spiro atoms. The Kier molecular flexibility index (Phi) is 8.07. The zero-order chi connectivity index (χ0) is 19.6. The molecule has 2 rings (SSSR count). The molecular formula is C21H26N2O3S. The van der Waals surface area contributed by atoms with E-state index < -0.39 is 0 Å². The number of carbonyl (C=O) groups is 1. The molecule has 2 aromatic carbocycles. The second-order valence-corrected chi connectivity index (χ2v) is 6.45. The van der Waals surface area contributed by atoms with Crippen LogP contribution in [0.15, 0.2) is 42.5 Å². The highest BCUT2D eigenvalue weighted by Gasteiger charge is 2.09. The van der Waals surface area contributed by atoms with Crippen molar-refractivity contribution in [3.63, 3.8) is 0 Å². The van der Waals surface area contributed by atoms with Crippen molar-refractivity contribution in [3.05, 3.63) is 59.2 Å². The summed E-state index contributed by atoms with van der Waals surface area (Å²) in [5, 5.41) is 6.88. The maximum absolute atomic E-state index is 11.7. The molecule has 5 nitrogen and oxygen atoms in total. The molecule has 6 heteroatoms. The Morgan fingerprint density at radius 3 is 2.70 bits per heavy atom. The van der Waals surface area contributed by atoms with Crippen LogP contribution >= 0.6 is 12.2 Å². The number of hydrogen-bond acceptors (Lipinski definition) is 4. The van der Waals surface area contributed by atoms with Gasteiger partial charge >= 0.3 is 5.97 Å². The molecule has 0 amide bonds. The standard InChI is InChI=1S/C21H26N2O3S/c1-4-26-19-10-6-5-8-16(19)9-7-13-22-21(27)23-18-14-17(20(24)25-3)12-11-15(18)2/h5-6,8,10-12,14H,4,7,9,13H2,1-3H3,(H2,22,23,27). The van der Waals surface area contributed by atoms with Crippen LogP contribution in [0.3, 0.4) is 0 Å². The summed E-state index contributed by atoms with van der Waals surface area (Å²) in [6.07, 6.45) is 1.83. The first-order valence-corrected chi connectivity index (χ1v) is 9.40. The number of hydrogen-bond donors (Lipinski definition) is 2. The van der Waals surface area contributed by atoms with Gasteiger partial charge in [0, 0.05) is 12.2 Å². The van der Waals surface area contributed by atoms with Crippen LogP contribution in [0, 0.1) is 6.92 Å². The Morgan fingerprint density at radius 1 is 1.19 bits per heavy atom. The number of aryl methyl sites for hydroxylation is 2. The number of ether oxygens (including phenoxy) is 2. The van der Waals surface area contributed by atoms with Gasteiger partial charge in [0.15, 0.2) is 5.11 Å². The Balaban J connectivity index is 1.84. The van der Waals surface area contributed by atoms with Gasteiger partial charge in [-0.25, -0.2) is 4.79 Å². The summed E-state index contributed by atoms with van der Waals surface area (Å²) in [5.41, 5.74) is 3.47. The van der Waals surface area contributed by atoms with Crippen molar-refractivity contribution in [3.8, 4) is 5.75 Å². The Labute approximate surface area is 166 Å². The van der Waals surface area contributed by atoms with Crippen molar-refractivity contribution >= 4 is 29.0 Å². The molecule has 0 atom stereocenters. The van der Waals surface area contributed by atoms with E-state index in [9.17, 15) is 4.79 Å². The van der Waals surface area contributed by atoms with Crippen molar-refractivity contribution in [1.82, 2.24) is 5.32 Å². The average molecular weight is 387 g/mol. The fourth-order valence-corrected chi connectivity index (χ4v) is 2.87. The molecule has 0 aromatic heterocycles. The average Bonchev–Trinajstić information content (AvgIpc) is 2.67. The molecule has 0 heterocycles. The van der Waals surface area contributed by atoms with Gasteiger partial charge in [-0.3, -0.25) is 0 Å². The quantitative estimate of drug-likeness (QED) is 0.405. The molecule has 0 saturated carbocycles. The molecule has 0 bridgehead atoms. The SMILES string of the molecule is CCOc1ccccc1CCCNC(=S)Nc1cc(C(=O)OC)ccc1C. The maximum atomic E-state index is 11.7. The van der Waals surface area contributed by atoms with E-state index in [0.717, 1.165) is 36.4 Å². The van der Waals surface area contributed by atoms with Crippen LogP contribution in [0.5, 0.6) is 5.75 Å². The number of anilines is 1. The predicted molar refractivity (Wildman–Crippen MR) is 113 cm³/mol. The number of rotatable bonds is 8. The molecule has 2 N–H and O–H groups in total. The monoisotopic (exact) mass is 386 g/mol. The number of thiocarbonyl (C=S) groups is 1. The van der Waals surface area contributed by atoms with Gasteiger partial charge < -0.3 is 20.1 Å². The van der Waals surface area contributed by atoms with E-state index >= 15 is 0 Å². The highest BCUT2D eigenvalue weighted by atomic mass is 32.1. The van der Waals surface area contributed by atoms with Gasteiger partial charge in [-0.2, -0.15) is 0 Å². The van der Waals surface area contributed by atoms with Gasteiger partial charge in [0.25, 0.3) is 0 Å². The molecule has 2 aromatic rings. The van der Waals surface area contributed by atoms with Crippen LogP contribution in [0.2, 0.25) is 0 Å². The summed E-state index contributed by atoms with van der Waals surface area (Å²) in [7, 11) is 1.37. The first-order valence-electron chi connectivity index (χ1n) is 8.99. The smallest absolute Gasteiger partial charge is 0.337 e. The summed E-state index contributed by atoms with van der Waals surface area (Å²) in [4.78, 5) is 11.7. The van der Waals surface area contributed by atoms with Crippen LogP contribution < -0.4 is 15.4 Å². The molecular weight excluding hydrogens is 360 g/mol. The van der Waals surface area contributed by atoms with Crippen LogP contribution in [0.4, 0.5) is 5.69 Å². The molecule has 144 valence electrons. The lowest BCUT2D eigenvalue weighted by molar-refractivity contribution is 0.0601. The molecule has 0 fully saturated rings. The maximum Gasteiger partial charge on any atom is 0.337 e. The summed E-state index contributed by atoms with van der Waals surface area (Å²) in [6.45, 7) is 5.34. The third-order valence-corrected chi connectivity index (χ3v) is 4.33. The molecule has 0 saturated heterocycles. The first kappa shape index (κ1) is 20.7. The van der Waals surface area contributed by atoms with Gasteiger partial charge in [0.2, 0.25) is 0 Å². The van der Waals surface area contributed by atoms with E-state index in [-0.39, 0.29) is 5.97 Å². The van der Waals surface area contributed by atoms with Gasteiger partial charge in [0.05, 0.1) is 19.3 Å². The number of esters is 1. The lowest BCUT2D eigenvalue weighted by Crippen LogP contribution is -2.29. The highest BCUT2D eigenvalue weighted by molar-refractivity contribution is 7.80. The topological polar surface area (TPSA) is 59.6 Å². The Hall–Kier alpha value is -2.60. The summed E-state index contributed by atoms with van der Waals surface area (Å²) in [5.74, 6) is 0.570. The van der Waals surface area contributed by atoms with Crippen molar-refractivity contribution in [2.75, 3.05) is 25.6 Å². The van der Waals surface area contributed by atoms with Gasteiger partial charge in [-0.05, 0) is 68.2 Å². The largest absolute Gasteiger partial charge is 0.494 e. The van der Waals surface area contributed by atoms with Gasteiger partial charge in [-0.15, -0.1) is 0 Å². The second-order valence-electron chi connectivity index (χ2n) is 6.05. The summed E-state index contributed by atoms with van der Waals surface area (Å²) < 4.78 is 10.4. The predicted octanol–water partition coefficient (Wildman–Crippen LogP) is 4.10. The van der Waals surface area contributed by atoms with E-state index in [1.54, 1.807) is 12.1 Å². The normalized spacial score (nSPS) is 10.2. The number of nitrogens with one attached hydrogen (secondary N) is 2.